The topological polar surface area (TPSA) is 45.4 Å². The van der Waals surface area contributed by atoms with Crippen LogP contribution >= 0.6 is 0 Å². The van der Waals surface area contributed by atoms with Gasteiger partial charge in [-0.15, -0.1) is 6.42 Å². The fraction of sp³-hybridized carbons (Fsp3) is 0.333. The lowest BCUT2D eigenvalue weighted by molar-refractivity contribution is 0.243. The van der Waals surface area contributed by atoms with E-state index in [1.54, 1.807) is 6.07 Å². The first-order chi connectivity index (χ1) is 5.86. The van der Waals surface area contributed by atoms with Gasteiger partial charge in [-0.1, -0.05) is 5.92 Å². The van der Waals surface area contributed by atoms with Gasteiger partial charge in [0, 0.05) is 0 Å². The zero-order valence-corrected chi connectivity index (χ0v) is 6.71. The monoisotopic (exact) mass is 165 g/mol. The van der Waals surface area contributed by atoms with Crippen molar-refractivity contribution >= 4 is 0 Å². The molecule has 0 unspecified atom stereocenters. The molecule has 0 bridgehead atoms. The molecule has 64 valence electrons. The van der Waals surface area contributed by atoms with Crippen molar-refractivity contribution in [1.29, 1.82) is 0 Å². The van der Waals surface area contributed by atoms with Gasteiger partial charge in [-0.3, -0.25) is 5.32 Å². The summed E-state index contributed by atoms with van der Waals surface area (Å²) in [6, 6.07) is 3.56. The van der Waals surface area contributed by atoms with Crippen molar-refractivity contribution in [2.75, 3.05) is 6.54 Å². The molecule has 0 spiro atoms. The maximum absolute atomic E-state index is 8.68. The first-order valence-electron chi connectivity index (χ1n) is 3.69. The van der Waals surface area contributed by atoms with Crippen LogP contribution in [0, 0.1) is 12.3 Å². The second-order valence-electron chi connectivity index (χ2n) is 2.33. The molecule has 0 saturated heterocycles. The predicted octanol–water partition coefficient (Wildman–Crippen LogP) is 0.495. The smallest absolute Gasteiger partial charge is 0.129 e. The SMILES string of the molecule is C#CCNCc1ccc(CO)o1. The van der Waals surface area contributed by atoms with Crippen LogP contribution in [0.1, 0.15) is 11.5 Å². The molecule has 0 radical (unpaired) electrons. The fourth-order valence-corrected chi connectivity index (χ4v) is 0.860. The van der Waals surface area contributed by atoms with E-state index in [0.29, 0.717) is 18.8 Å². The summed E-state index contributed by atoms with van der Waals surface area (Å²) < 4.78 is 5.20. The first-order valence-corrected chi connectivity index (χ1v) is 3.69. The van der Waals surface area contributed by atoms with Crippen molar-refractivity contribution in [3.63, 3.8) is 0 Å². The Balaban J connectivity index is 2.37. The minimum atomic E-state index is -0.0604. The van der Waals surface area contributed by atoms with Crippen LogP contribution in [0.4, 0.5) is 0 Å². The van der Waals surface area contributed by atoms with E-state index in [-0.39, 0.29) is 6.61 Å². The van der Waals surface area contributed by atoms with E-state index in [2.05, 4.69) is 11.2 Å². The highest BCUT2D eigenvalue weighted by atomic mass is 16.4. The van der Waals surface area contributed by atoms with Crippen molar-refractivity contribution < 1.29 is 9.52 Å². The molecule has 0 atom stereocenters. The van der Waals surface area contributed by atoms with Crippen molar-refractivity contribution in [3.05, 3.63) is 23.7 Å². The second kappa shape index (κ2) is 4.60. The van der Waals surface area contributed by atoms with E-state index < -0.39 is 0 Å². The molecule has 0 aliphatic rings. The Morgan fingerprint density at radius 1 is 1.50 bits per heavy atom. The molecule has 1 rings (SSSR count). The largest absolute Gasteiger partial charge is 0.462 e. The van der Waals surface area contributed by atoms with Gasteiger partial charge in [-0.05, 0) is 12.1 Å². The number of aliphatic hydroxyl groups excluding tert-OH is 1. The Hall–Kier alpha value is -1.24. The van der Waals surface area contributed by atoms with Crippen molar-refractivity contribution in [2.24, 2.45) is 0 Å². The van der Waals surface area contributed by atoms with Crippen LogP contribution in [0.2, 0.25) is 0 Å². The van der Waals surface area contributed by atoms with Gasteiger partial charge in [0.25, 0.3) is 0 Å². The van der Waals surface area contributed by atoms with Crippen molar-refractivity contribution in [2.45, 2.75) is 13.2 Å². The van der Waals surface area contributed by atoms with Gasteiger partial charge >= 0.3 is 0 Å². The van der Waals surface area contributed by atoms with E-state index in [1.165, 1.54) is 0 Å². The summed E-state index contributed by atoms with van der Waals surface area (Å²) >= 11 is 0. The summed E-state index contributed by atoms with van der Waals surface area (Å²) in [6.07, 6.45) is 5.04. The van der Waals surface area contributed by atoms with E-state index in [0.717, 1.165) is 5.76 Å². The molecule has 1 heterocycles. The maximum atomic E-state index is 8.68. The quantitative estimate of drug-likeness (QED) is 0.504. The normalized spacial score (nSPS) is 9.67. The summed E-state index contributed by atoms with van der Waals surface area (Å²) in [5.41, 5.74) is 0. The second-order valence-corrected chi connectivity index (χ2v) is 2.33. The van der Waals surface area contributed by atoms with E-state index in [4.69, 9.17) is 15.9 Å². The van der Waals surface area contributed by atoms with Crippen LogP contribution in [0.15, 0.2) is 16.5 Å². The lowest BCUT2D eigenvalue weighted by atomic mass is 10.4. The number of hydrogen-bond donors (Lipinski definition) is 2. The molecule has 0 saturated carbocycles. The van der Waals surface area contributed by atoms with Crippen molar-refractivity contribution in [3.8, 4) is 12.3 Å². The van der Waals surface area contributed by atoms with Crippen LogP contribution in [0.3, 0.4) is 0 Å². The van der Waals surface area contributed by atoms with Crippen LogP contribution in [0.5, 0.6) is 0 Å². The number of terminal acetylenes is 1. The van der Waals surface area contributed by atoms with Crippen LogP contribution in [-0.2, 0) is 13.2 Å². The number of furan rings is 1. The van der Waals surface area contributed by atoms with Crippen molar-refractivity contribution in [1.82, 2.24) is 5.32 Å². The molecule has 3 heteroatoms. The van der Waals surface area contributed by atoms with Crippen LogP contribution in [-0.4, -0.2) is 11.7 Å². The molecule has 3 nitrogen and oxygen atoms in total. The third kappa shape index (κ3) is 2.42. The molecule has 2 N–H and O–H groups in total. The summed E-state index contributed by atoms with van der Waals surface area (Å²) in [6.45, 7) is 1.06. The van der Waals surface area contributed by atoms with Crippen LogP contribution < -0.4 is 5.32 Å². The number of hydrogen-bond acceptors (Lipinski definition) is 3. The standard InChI is InChI=1S/C9H11NO2/c1-2-5-10-6-8-3-4-9(7-11)12-8/h1,3-4,10-11H,5-7H2. The van der Waals surface area contributed by atoms with E-state index >= 15 is 0 Å². The molecule has 12 heavy (non-hydrogen) atoms. The highest BCUT2D eigenvalue weighted by Gasteiger charge is 1.98. The minimum absolute atomic E-state index is 0.0604. The molecular formula is C9H11NO2. The van der Waals surface area contributed by atoms with Gasteiger partial charge in [0.15, 0.2) is 0 Å². The number of aliphatic hydroxyl groups is 1. The lowest BCUT2D eigenvalue weighted by Crippen LogP contribution is -2.12. The summed E-state index contributed by atoms with van der Waals surface area (Å²) in [4.78, 5) is 0. The van der Waals surface area contributed by atoms with Gasteiger partial charge in [-0.25, -0.2) is 0 Å². The zero-order valence-electron chi connectivity index (χ0n) is 6.71. The van der Waals surface area contributed by atoms with Gasteiger partial charge in [0.1, 0.15) is 18.1 Å². The zero-order chi connectivity index (χ0) is 8.81. The molecule has 1 aromatic rings. The number of rotatable bonds is 4. The fourth-order valence-electron chi connectivity index (χ4n) is 0.860. The average Bonchev–Trinajstić information content (AvgIpc) is 2.53. The summed E-state index contributed by atoms with van der Waals surface area (Å²) in [7, 11) is 0. The molecular weight excluding hydrogens is 154 g/mol. The van der Waals surface area contributed by atoms with Gasteiger partial charge < -0.3 is 9.52 Å². The molecule has 1 aromatic heterocycles. The predicted molar refractivity (Wildman–Crippen MR) is 45.2 cm³/mol. The molecule has 0 aromatic carbocycles. The Labute approximate surface area is 71.4 Å². The third-order valence-corrected chi connectivity index (χ3v) is 1.40. The van der Waals surface area contributed by atoms with Gasteiger partial charge in [-0.2, -0.15) is 0 Å². The van der Waals surface area contributed by atoms with E-state index in [1.807, 2.05) is 6.07 Å². The Bertz CT molecular complexity index is 272. The Morgan fingerprint density at radius 3 is 2.83 bits per heavy atom. The highest BCUT2D eigenvalue weighted by molar-refractivity contribution is 5.06. The number of nitrogens with one attached hydrogen (secondary N) is 1. The molecule has 0 amide bonds. The summed E-state index contributed by atoms with van der Waals surface area (Å²) in [5.74, 6) is 3.82. The van der Waals surface area contributed by atoms with Crippen LogP contribution in [0.25, 0.3) is 0 Å². The molecule has 0 aliphatic heterocycles. The minimum Gasteiger partial charge on any atom is -0.462 e. The molecule has 0 aliphatic carbocycles. The lowest BCUT2D eigenvalue weighted by Gasteiger charge is -1.95. The molecule has 0 fully saturated rings. The Morgan fingerprint density at radius 2 is 2.25 bits per heavy atom. The van der Waals surface area contributed by atoms with E-state index in [9.17, 15) is 0 Å². The highest BCUT2D eigenvalue weighted by Crippen LogP contribution is 2.06. The first kappa shape index (κ1) is 8.85. The van der Waals surface area contributed by atoms with Gasteiger partial charge in [0.05, 0.1) is 13.1 Å². The summed E-state index contributed by atoms with van der Waals surface area (Å²) in [5, 5.41) is 11.7. The average molecular weight is 165 g/mol. The Kier molecular flexibility index (Phi) is 3.39. The van der Waals surface area contributed by atoms with Gasteiger partial charge in [0.2, 0.25) is 0 Å². The maximum Gasteiger partial charge on any atom is 0.129 e. The third-order valence-electron chi connectivity index (χ3n) is 1.40.